The van der Waals surface area contributed by atoms with Gasteiger partial charge in [-0.05, 0) is 155 Å². The molecule has 0 saturated carbocycles. The maximum absolute atomic E-state index is 12.8. The van der Waals surface area contributed by atoms with Gasteiger partial charge in [-0.25, -0.2) is 8.78 Å². The zero-order chi connectivity index (χ0) is 50.5. The molecule has 62 heavy (non-hydrogen) atoms. The van der Waals surface area contributed by atoms with Crippen LogP contribution >= 0.6 is 67.8 Å². The van der Waals surface area contributed by atoms with E-state index in [-0.39, 0.29) is 30.3 Å². The van der Waals surface area contributed by atoms with Crippen LogP contribution in [0.5, 0.6) is 0 Å². The number of ether oxygens (including phenoxy) is 3. The molecule has 0 radical (unpaired) electrons. The van der Waals surface area contributed by atoms with Crippen molar-refractivity contribution in [3.05, 3.63) is 28.4 Å². The predicted molar refractivity (Wildman–Crippen MR) is 234 cm³/mol. The number of nitrogens with one attached hydrogen (secondary N) is 1. The Bertz CT molecular complexity index is 1610. The molecule has 0 saturated heterocycles. The van der Waals surface area contributed by atoms with Crippen LogP contribution in [0.4, 0.5) is 43.9 Å². The number of aromatic carboxylic acids is 1. The first-order chi connectivity index (χ1) is 27.3. The van der Waals surface area contributed by atoms with Gasteiger partial charge in [-0.2, -0.15) is 35.1 Å². The van der Waals surface area contributed by atoms with Gasteiger partial charge in [0.05, 0.1) is 36.3 Å². The summed E-state index contributed by atoms with van der Waals surface area (Å²) in [6.45, 7) is 15.3. The number of hydrogen-bond acceptors (Lipinski definition) is 9. The van der Waals surface area contributed by atoms with Crippen LogP contribution in [-0.2, 0) is 28.6 Å². The molecule has 0 aliphatic carbocycles. The molecule has 0 bridgehead atoms. The standard InChI is InChI=1S/C12H18F6O3.C10H16F4O2.C10H21NO2.C7H3I3O2/c1-6-8(2,3)7(19)21-9(4,5)10(20,11(13,14)15)12(16,17)18;1-5-8(2,3)7(15)16-6-10(13,14)9(4,11)12;1-6-10(2,3)9(12)13-8-7-11(4)5;8-3-1-4(7(11)12)6(10)5(9)2-3/h20H,6H2,1-5H3;5-6H2,1-4H3;6-8H2,1-5H3;1-2H,(H,11,12). The van der Waals surface area contributed by atoms with Gasteiger partial charge in [0, 0.05) is 23.2 Å². The Kier molecular flexibility index (Phi) is 26.0. The van der Waals surface area contributed by atoms with E-state index in [9.17, 15) is 73.3 Å². The maximum Gasteiger partial charge on any atom is 0.430 e. The van der Waals surface area contributed by atoms with Crippen molar-refractivity contribution in [3.8, 4) is 0 Å². The molecule has 0 fully saturated rings. The van der Waals surface area contributed by atoms with E-state index in [2.05, 4.69) is 54.7 Å². The zero-order valence-electron chi connectivity index (χ0n) is 37.0. The second-order valence-electron chi connectivity index (χ2n) is 16.6. The number of carboxylic acid groups (broad SMARTS) is 1. The molecule has 0 aliphatic rings. The van der Waals surface area contributed by atoms with E-state index in [1.807, 2.05) is 63.5 Å². The molecule has 0 spiro atoms. The third-order valence-electron chi connectivity index (χ3n) is 9.42. The summed E-state index contributed by atoms with van der Waals surface area (Å²) in [5.41, 5.74) is -10.7. The summed E-state index contributed by atoms with van der Waals surface area (Å²) >= 11 is 6.19. The number of benzene rings is 1. The first kappa shape index (κ1) is 64.8. The minimum absolute atomic E-state index is 0.0868. The molecular formula is C39H58F10I3NO9. The highest BCUT2D eigenvalue weighted by atomic mass is 127. The Balaban J connectivity index is -0.000000766. The van der Waals surface area contributed by atoms with Gasteiger partial charge in [-0.3, -0.25) is 14.4 Å². The number of carboxylic acids is 1. The number of quaternary nitrogens is 1. The van der Waals surface area contributed by atoms with Crippen molar-refractivity contribution >= 4 is 91.6 Å². The van der Waals surface area contributed by atoms with Crippen LogP contribution in [0.2, 0.25) is 0 Å². The van der Waals surface area contributed by atoms with Crippen molar-refractivity contribution in [3.63, 3.8) is 0 Å². The number of esters is 3. The lowest BCUT2D eigenvalue weighted by Gasteiger charge is -2.44. The van der Waals surface area contributed by atoms with Gasteiger partial charge in [0.25, 0.3) is 5.60 Å². The molecule has 1 rings (SSSR count). The van der Waals surface area contributed by atoms with Gasteiger partial charge in [0.1, 0.15) is 13.2 Å². The lowest BCUT2D eigenvalue weighted by Crippen LogP contribution is -3.06. The van der Waals surface area contributed by atoms with Crippen molar-refractivity contribution in [2.45, 2.75) is 138 Å². The molecule has 0 unspecified atom stereocenters. The zero-order valence-corrected chi connectivity index (χ0v) is 43.5. The fourth-order valence-electron chi connectivity index (χ4n) is 3.45. The Morgan fingerprint density at radius 3 is 1.35 bits per heavy atom. The lowest BCUT2D eigenvalue weighted by molar-refractivity contribution is -0.858. The van der Waals surface area contributed by atoms with Gasteiger partial charge in [0.15, 0.2) is 12.2 Å². The Hall–Kier alpha value is -1.49. The van der Waals surface area contributed by atoms with Crippen LogP contribution in [0, 0.1) is 27.0 Å². The maximum atomic E-state index is 12.8. The normalized spacial score (nSPS) is 13.0. The van der Waals surface area contributed by atoms with Crippen molar-refractivity contribution in [1.29, 1.82) is 0 Å². The molecule has 1 aromatic rings. The van der Waals surface area contributed by atoms with Crippen LogP contribution in [0.15, 0.2) is 12.1 Å². The highest BCUT2D eigenvalue weighted by Gasteiger charge is 2.78. The SMILES string of the molecule is CCC(C)(C)C(=O)OC(C)(C)C(O)(C(F)(F)F)C(F)(F)F.CCC(C)(C)C(=O)OCC(F)(F)C(C)(F)F.CCC(C)(C)C(=O)OCC[NH+](C)C.O=C([O-])c1cc(I)cc(I)c1I. The second kappa shape index (κ2) is 24.9. The topological polar surface area (TPSA) is 144 Å². The van der Waals surface area contributed by atoms with E-state index in [0.29, 0.717) is 26.9 Å². The number of aliphatic hydroxyl groups is 1. The summed E-state index contributed by atoms with van der Waals surface area (Å²) in [7, 11) is 4.08. The van der Waals surface area contributed by atoms with Gasteiger partial charge >= 0.3 is 42.1 Å². The number of carbonyl (C=O) groups excluding carboxylic acids is 4. The number of hydrogen-bond donors (Lipinski definition) is 2. The number of carbonyl (C=O) groups is 4. The van der Waals surface area contributed by atoms with Crippen molar-refractivity contribution in [1.82, 2.24) is 0 Å². The molecule has 0 aliphatic heterocycles. The highest BCUT2D eigenvalue weighted by Crippen LogP contribution is 2.51. The van der Waals surface area contributed by atoms with Crippen LogP contribution in [0.1, 0.15) is 113 Å². The second-order valence-corrected chi connectivity index (χ2v) is 20.1. The molecule has 1 aromatic carbocycles. The van der Waals surface area contributed by atoms with Crippen LogP contribution in [0.25, 0.3) is 0 Å². The third kappa shape index (κ3) is 19.9. The number of halogens is 13. The van der Waals surface area contributed by atoms with E-state index >= 15 is 0 Å². The summed E-state index contributed by atoms with van der Waals surface area (Å²) in [5.74, 6) is -11.9. The van der Waals surface area contributed by atoms with E-state index in [1.54, 1.807) is 13.0 Å². The van der Waals surface area contributed by atoms with Crippen molar-refractivity contribution in [2.24, 2.45) is 16.2 Å². The van der Waals surface area contributed by atoms with E-state index in [1.165, 1.54) is 39.5 Å². The lowest BCUT2D eigenvalue weighted by atomic mass is 9.83. The summed E-state index contributed by atoms with van der Waals surface area (Å²) < 4.78 is 143. The number of alkyl halides is 10. The predicted octanol–water partition coefficient (Wildman–Crippen LogP) is 8.83. The summed E-state index contributed by atoms with van der Waals surface area (Å²) in [6, 6.07) is 3.54. The highest BCUT2D eigenvalue weighted by molar-refractivity contribution is 14.1. The molecule has 364 valence electrons. The Labute approximate surface area is 397 Å². The van der Waals surface area contributed by atoms with E-state index in [4.69, 9.17) is 4.74 Å². The summed E-state index contributed by atoms with van der Waals surface area (Å²) in [4.78, 5) is 46.4. The average Bonchev–Trinajstić information content (AvgIpc) is 3.10. The minimum atomic E-state index is -6.06. The van der Waals surface area contributed by atoms with Gasteiger partial charge in [-0.15, -0.1) is 0 Å². The van der Waals surface area contributed by atoms with Crippen LogP contribution in [-0.4, -0.2) is 98.2 Å². The minimum Gasteiger partial charge on any atom is -0.545 e. The first-order valence-corrected chi connectivity index (χ1v) is 21.9. The molecule has 0 amide bonds. The molecule has 0 atom stereocenters. The summed E-state index contributed by atoms with van der Waals surface area (Å²) in [6.07, 6.45) is -10.8. The fraction of sp³-hybridized carbons (Fsp3) is 0.744. The van der Waals surface area contributed by atoms with E-state index < -0.39 is 70.7 Å². The van der Waals surface area contributed by atoms with Gasteiger partial charge in [-0.1, -0.05) is 20.8 Å². The Morgan fingerprint density at radius 2 is 1.03 bits per heavy atom. The molecular weight excluding hydrogens is 1200 g/mol. The first-order valence-electron chi connectivity index (χ1n) is 18.6. The molecule has 0 aromatic heterocycles. The molecule has 2 N–H and O–H groups in total. The molecule has 23 heteroatoms. The molecule has 0 heterocycles. The summed E-state index contributed by atoms with van der Waals surface area (Å²) in [5, 5.41) is 19.9. The number of rotatable bonds is 15. The van der Waals surface area contributed by atoms with E-state index in [0.717, 1.165) is 23.7 Å². The van der Waals surface area contributed by atoms with Gasteiger partial charge < -0.3 is 34.1 Å². The monoisotopic (exact) mass is 1260 g/mol. The van der Waals surface area contributed by atoms with Crippen molar-refractivity contribution in [2.75, 3.05) is 33.9 Å². The van der Waals surface area contributed by atoms with Crippen molar-refractivity contribution < 1.29 is 92.4 Å². The average molecular weight is 1260 g/mol. The van der Waals surface area contributed by atoms with Gasteiger partial charge in [0.2, 0.25) is 0 Å². The Morgan fingerprint density at radius 1 is 0.661 bits per heavy atom. The molecule has 10 nitrogen and oxygen atoms in total. The number of likely N-dealkylation sites (N-methyl/N-ethyl adjacent to an activating group) is 1. The van der Waals surface area contributed by atoms with Crippen LogP contribution in [0.3, 0.4) is 0 Å². The largest absolute Gasteiger partial charge is 0.545 e. The van der Waals surface area contributed by atoms with Crippen LogP contribution < -0.4 is 10.0 Å². The quantitative estimate of drug-likeness (QED) is 0.0579. The smallest absolute Gasteiger partial charge is 0.430 e. The third-order valence-corrected chi connectivity index (χ3v) is 13.1. The fourth-order valence-corrected chi connectivity index (χ4v) is 5.82.